The highest BCUT2D eigenvalue weighted by Gasteiger charge is 2.35. The second-order valence-corrected chi connectivity index (χ2v) is 3.39. The molecule has 0 spiro atoms. The normalized spacial score (nSPS) is 14.5. The second-order valence-electron chi connectivity index (χ2n) is 3.39. The number of ether oxygens (including phenoxy) is 1. The molecule has 0 saturated heterocycles. The maximum Gasteiger partial charge on any atom is 0.340 e. The molecule has 1 atom stereocenters. The molecule has 15 heavy (non-hydrogen) atoms. The Balaban J connectivity index is 3.09. The van der Waals surface area contributed by atoms with Gasteiger partial charge in [0.25, 0.3) is 0 Å². The van der Waals surface area contributed by atoms with E-state index in [2.05, 4.69) is 0 Å². The van der Waals surface area contributed by atoms with Gasteiger partial charge in [-0.1, -0.05) is 12.1 Å². The molecule has 1 aromatic rings. The Bertz CT molecular complexity index is 347. The van der Waals surface area contributed by atoms with E-state index >= 15 is 0 Å². The van der Waals surface area contributed by atoms with Crippen LogP contribution in [0, 0.1) is 0 Å². The maximum absolute atomic E-state index is 11.1. The summed E-state index contributed by atoms with van der Waals surface area (Å²) in [6.45, 7) is 3.63. The van der Waals surface area contributed by atoms with Gasteiger partial charge in [0.1, 0.15) is 0 Å². The van der Waals surface area contributed by atoms with Crippen molar-refractivity contribution in [1.29, 1.82) is 0 Å². The topological polar surface area (TPSA) is 72.5 Å². The van der Waals surface area contributed by atoms with E-state index in [1.165, 1.54) is 6.92 Å². The summed E-state index contributed by atoms with van der Waals surface area (Å²) >= 11 is 0. The maximum atomic E-state index is 11.1. The highest BCUT2D eigenvalue weighted by molar-refractivity contribution is 5.79. The molecule has 0 bridgehead atoms. The molecular weight excluding hydrogens is 194 g/mol. The number of hydrogen-bond donors (Lipinski definition) is 2. The van der Waals surface area contributed by atoms with E-state index in [-0.39, 0.29) is 0 Å². The first-order chi connectivity index (χ1) is 7.00. The van der Waals surface area contributed by atoms with Crippen LogP contribution in [0.5, 0.6) is 0 Å². The largest absolute Gasteiger partial charge is 0.479 e. The molecule has 0 fully saturated rings. The van der Waals surface area contributed by atoms with E-state index in [0.717, 1.165) is 0 Å². The highest BCUT2D eigenvalue weighted by atomic mass is 16.5. The molecule has 4 heteroatoms. The first kappa shape index (κ1) is 11.5. The highest BCUT2D eigenvalue weighted by Crippen LogP contribution is 2.26. The fourth-order valence-corrected chi connectivity index (χ4v) is 1.36. The van der Waals surface area contributed by atoms with Crippen molar-refractivity contribution in [3.8, 4) is 0 Å². The Morgan fingerprint density at radius 1 is 1.47 bits per heavy atom. The standard InChI is InChI=1S/C11H15NO3/c1-3-15-11(2,10(13)14)8-4-6-9(12)7-5-8/h4-7H,3,12H2,1-2H3,(H,13,14). The molecule has 0 radical (unpaired) electrons. The summed E-state index contributed by atoms with van der Waals surface area (Å²) < 4.78 is 5.28. The lowest BCUT2D eigenvalue weighted by Crippen LogP contribution is -2.35. The zero-order valence-corrected chi connectivity index (χ0v) is 8.86. The number of anilines is 1. The molecule has 1 unspecified atom stereocenters. The third kappa shape index (κ3) is 2.27. The summed E-state index contributed by atoms with van der Waals surface area (Å²) in [5.74, 6) is -1.01. The first-order valence-electron chi connectivity index (χ1n) is 4.74. The van der Waals surface area contributed by atoms with Crippen LogP contribution in [0.4, 0.5) is 5.69 Å². The van der Waals surface area contributed by atoms with Gasteiger partial charge in [0, 0.05) is 12.3 Å². The lowest BCUT2D eigenvalue weighted by Gasteiger charge is -2.25. The van der Waals surface area contributed by atoms with Crippen LogP contribution in [0.1, 0.15) is 19.4 Å². The smallest absolute Gasteiger partial charge is 0.340 e. The zero-order chi connectivity index (χ0) is 11.5. The number of carboxylic acids is 1. The lowest BCUT2D eigenvalue weighted by molar-refractivity contribution is -0.164. The average molecular weight is 209 g/mol. The van der Waals surface area contributed by atoms with Gasteiger partial charge >= 0.3 is 5.97 Å². The molecule has 82 valence electrons. The number of nitrogen functional groups attached to an aromatic ring is 1. The van der Waals surface area contributed by atoms with Gasteiger partial charge in [-0.3, -0.25) is 0 Å². The van der Waals surface area contributed by atoms with Gasteiger partial charge in [0.05, 0.1) is 0 Å². The number of hydrogen-bond acceptors (Lipinski definition) is 3. The summed E-state index contributed by atoms with van der Waals surface area (Å²) in [6, 6.07) is 6.66. The molecule has 1 rings (SSSR count). The summed E-state index contributed by atoms with van der Waals surface area (Å²) in [5, 5.41) is 9.13. The van der Waals surface area contributed by atoms with Gasteiger partial charge in [0.2, 0.25) is 0 Å². The Morgan fingerprint density at radius 2 is 2.00 bits per heavy atom. The summed E-state index contributed by atoms with van der Waals surface area (Å²) in [4.78, 5) is 11.1. The second kappa shape index (κ2) is 4.31. The molecule has 4 nitrogen and oxygen atoms in total. The SMILES string of the molecule is CCOC(C)(C(=O)O)c1ccc(N)cc1. The van der Waals surface area contributed by atoms with Crippen LogP contribution in [-0.2, 0) is 15.1 Å². The number of carboxylic acid groups (broad SMARTS) is 1. The predicted octanol–water partition coefficient (Wildman–Crippen LogP) is 1.61. The fraction of sp³-hybridized carbons (Fsp3) is 0.364. The quantitative estimate of drug-likeness (QED) is 0.739. The van der Waals surface area contributed by atoms with Crippen LogP contribution in [-0.4, -0.2) is 17.7 Å². The summed E-state index contributed by atoms with van der Waals surface area (Å²) in [6.07, 6.45) is 0. The molecular formula is C11H15NO3. The van der Waals surface area contributed by atoms with Crippen molar-refractivity contribution in [2.75, 3.05) is 12.3 Å². The molecule has 0 saturated carbocycles. The molecule has 0 aliphatic rings. The van der Waals surface area contributed by atoms with Gasteiger partial charge in [-0.25, -0.2) is 4.79 Å². The average Bonchev–Trinajstić information content (AvgIpc) is 2.18. The minimum absolute atomic E-state index is 0.340. The van der Waals surface area contributed by atoms with E-state index in [4.69, 9.17) is 15.6 Å². The van der Waals surface area contributed by atoms with Crippen LogP contribution in [0.2, 0.25) is 0 Å². The van der Waals surface area contributed by atoms with Crippen LogP contribution in [0.3, 0.4) is 0 Å². The molecule has 3 N–H and O–H groups in total. The Labute approximate surface area is 88.7 Å². The molecule has 0 heterocycles. The monoisotopic (exact) mass is 209 g/mol. The van der Waals surface area contributed by atoms with Crippen LogP contribution in [0.15, 0.2) is 24.3 Å². The van der Waals surface area contributed by atoms with Gasteiger partial charge in [0.15, 0.2) is 5.60 Å². The summed E-state index contributed by atoms with van der Waals surface area (Å²) in [5.41, 5.74) is 5.42. The molecule has 0 amide bonds. The van der Waals surface area contributed by atoms with E-state index in [0.29, 0.717) is 17.9 Å². The molecule has 0 aromatic heterocycles. The summed E-state index contributed by atoms with van der Waals surface area (Å²) in [7, 11) is 0. The van der Waals surface area contributed by atoms with Crippen molar-refractivity contribution in [1.82, 2.24) is 0 Å². The third-order valence-corrected chi connectivity index (χ3v) is 2.30. The van der Waals surface area contributed by atoms with Gasteiger partial charge < -0.3 is 15.6 Å². The fourth-order valence-electron chi connectivity index (χ4n) is 1.36. The van der Waals surface area contributed by atoms with Crippen molar-refractivity contribution in [2.24, 2.45) is 0 Å². The van der Waals surface area contributed by atoms with Crippen molar-refractivity contribution in [3.05, 3.63) is 29.8 Å². The van der Waals surface area contributed by atoms with E-state index < -0.39 is 11.6 Å². The van der Waals surface area contributed by atoms with Gasteiger partial charge in [-0.15, -0.1) is 0 Å². The van der Waals surface area contributed by atoms with Crippen LogP contribution >= 0.6 is 0 Å². The van der Waals surface area contributed by atoms with Gasteiger partial charge in [-0.05, 0) is 31.5 Å². The van der Waals surface area contributed by atoms with Crippen LogP contribution < -0.4 is 5.73 Å². The molecule has 1 aromatic carbocycles. The first-order valence-corrected chi connectivity index (χ1v) is 4.74. The number of nitrogens with two attached hydrogens (primary N) is 1. The van der Waals surface area contributed by atoms with Gasteiger partial charge in [-0.2, -0.15) is 0 Å². The predicted molar refractivity (Wildman–Crippen MR) is 57.5 cm³/mol. The lowest BCUT2D eigenvalue weighted by atomic mass is 9.95. The Hall–Kier alpha value is -1.55. The zero-order valence-electron chi connectivity index (χ0n) is 8.86. The third-order valence-electron chi connectivity index (χ3n) is 2.30. The minimum atomic E-state index is -1.30. The van der Waals surface area contributed by atoms with Crippen LogP contribution in [0.25, 0.3) is 0 Å². The van der Waals surface area contributed by atoms with Crippen molar-refractivity contribution in [2.45, 2.75) is 19.4 Å². The number of benzene rings is 1. The van der Waals surface area contributed by atoms with Crippen molar-refractivity contribution < 1.29 is 14.6 Å². The van der Waals surface area contributed by atoms with E-state index in [1.54, 1.807) is 31.2 Å². The number of aliphatic carboxylic acids is 1. The molecule has 0 aliphatic carbocycles. The van der Waals surface area contributed by atoms with Crippen molar-refractivity contribution >= 4 is 11.7 Å². The molecule has 0 aliphatic heterocycles. The number of rotatable bonds is 4. The van der Waals surface area contributed by atoms with E-state index in [9.17, 15) is 4.79 Å². The minimum Gasteiger partial charge on any atom is -0.479 e. The Morgan fingerprint density at radius 3 is 2.40 bits per heavy atom. The Kier molecular flexibility index (Phi) is 3.31. The van der Waals surface area contributed by atoms with Crippen molar-refractivity contribution in [3.63, 3.8) is 0 Å². The van der Waals surface area contributed by atoms with E-state index in [1.807, 2.05) is 0 Å². The number of carbonyl (C=O) groups is 1.